The monoisotopic (exact) mass is 318 g/mol. The summed E-state index contributed by atoms with van der Waals surface area (Å²) >= 11 is 0. The molecule has 1 saturated heterocycles. The van der Waals surface area contributed by atoms with E-state index in [0.29, 0.717) is 25.6 Å². The van der Waals surface area contributed by atoms with E-state index in [1.165, 1.54) is 6.42 Å². The highest BCUT2D eigenvalue weighted by Gasteiger charge is 2.19. The van der Waals surface area contributed by atoms with Crippen LogP contribution < -0.4 is 16.0 Å². The Morgan fingerprint density at radius 3 is 2.78 bits per heavy atom. The summed E-state index contributed by atoms with van der Waals surface area (Å²) in [7, 11) is 1.97. The second kappa shape index (κ2) is 9.27. The van der Waals surface area contributed by atoms with Crippen molar-refractivity contribution in [3.63, 3.8) is 0 Å². The summed E-state index contributed by atoms with van der Waals surface area (Å²) in [5.74, 6) is -0.234. The number of hydrogen-bond donors (Lipinski definition) is 3. The number of likely N-dealkylation sites (tertiary alicyclic amines) is 1. The van der Waals surface area contributed by atoms with Gasteiger partial charge in [-0.05, 0) is 32.0 Å². The van der Waals surface area contributed by atoms with Crippen molar-refractivity contribution in [2.75, 3.05) is 26.7 Å². The fourth-order valence-corrected chi connectivity index (χ4v) is 2.77. The minimum absolute atomic E-state index is 0.234. The molecule has 1 aromatic rings. The molecule has 0 spiro atoms. The molecule has 1 aliphatic heterocycles. The van der Waals surface area contributed by atoms with Gasteiger partial charge in [0.2, 0.25) is 5.91 Å². The van der Waals surface area contributed by atoms with Gasteiger partial charge in [0.25, 0.3) is 0 Å². The average Bonchev–Trinajstić information content (AvgIpc) is 2.59. The number of urea groups is 1. The summed E-state index contributed by atoms with van der Waals surface area (Å²) in [6.45, 7) is 3.08. The molecule has 0 radical (unpaired) electrons. The molecule has 2 rings (SSSR count). The second-order valence-electron chi connectivity index (χ2n) is 5.89. The zero-order chi connectivity index (χ0) is 16.5. The first kappa shape index (κ1) is 17.4. The van der Waals surface area contributed by atoms with Gasteiger partial charge in [0.15, 0.2) is 0 Å². The number of piperidine rings is 1. The van der Waals surface area contributed by atoms with Crippen LogP contribution in [0, 0.1) is 0 Å². The smallest absolute Gasteiger partial charge is 0.321 e. The summed E-state index contributed by atoms with van der Waals surface area (Å²) < 4.78 is 0. The molecule has 126 valence electrons. The average molecular weight is 318 g/mol. The number of amides is 3. The van der Waals surface area contributed by atoms with Crippen molar-refractivity contribution in [2.45, 2.75) is 31.8 Å². The molecular formula is C17H26N4O2. The number of nitrogens with zero attached hydrogens (tertiary/aromatic N) is 1. The second-order valence-corrected chi connectivity index (χ2v) is 5.89. The highest BCUT2D eigenvalue weighted by Crippen LogP contribution is 2.09. The number of nitrogens with one attached hydrogen (secondary N) is 3. The first-order valence-corrected chi connectivity index (χ1v) is 8.18. The molecule has 3 amide bonds. The van der Waals surface area contributed by atoms with Crippen LogP contribution in [0.4, 0.5) is 4.79 Å². The number of carbonyl (C=O) groups excluding carboxylic acids is 2. The van der Waals surface area contributed by atoms with Crippen molar-refractivity contribution < 1.29 is 9.59 Å². The predicted octanol–water partition coefficient (Wildman–Crippen LogP) is 1.09. The molecule has 1 aliphatic rings. The van der Waals surface area contributed by atoms with Gasteiger partial charge in [-0.15, -0.1) is 0 Å². The Bertz CT molecular complexity index is 507. The van der Waals surface area contributed by atoms with Gasteiger partial charge < -0.3 is 15.5 Å². The lowest BCUT2D eigenvalue weighted by Gasteiger charge is -2.32. The van der Waals surface area contributed by atoms with Gasteiger partial charge in [0, 0.05) is 32.1 Å². The van der Waals surface area contributed by atoms with Crippen LogP contribution in [-0.2, 0) is 11.3 Å². The minimum atomic E-state index is -0.439. The van der Waals surface area contributed by atoms with Gasteiger partial charge in [-0.25, -0.2) is 4.79 Å². The minimum Gasteiger partial charge on any atom is -0.334 e. The summed E-state index contributed by atoms with van der Waals surface area (Å²) in [6, 6.07) is 9.67. The van der Waals surface area contributed by atoms with Crippen molar-refractivity contribution in [2.24, 2.45) is 0 Å². The van der Waals surface area contributed by atoms with Crippen molar-refractivity contribution >= 4 is 11.9 Å². The van der Waals surface area contributed by atoms with E-state index in [1.54, 1.807) is 0 Å². The molecule has 6 nitrogen and oxygen atoms in total. The van der Waals surface area contributed by atoms with E-state index in [4.69, 9.17) is 0 Å². The molecular weight excluding hydrogens is 292 g/mol. The van der Waals surface area contributed by atoms with Crippen molar-refractivity contribution in [1.82, 2.24) is 20.9 Å². The Morgan fingerprint density at radius 1 is 1.26 bits per heavy atom. The van der Waals surface area contributed by atoms with Gasteiger partial charge >= 0.3 is 6.03 Å². The maximum Gasteiger partial charge on any atom is 0.321 e. The number of hydrogen-bond acceptors (Lipinski definition) is 4. The van der Waals surface area contributed by atoms with Crippen LogP contribution in [0.3, 0.4) is 0 Å². The zero-order valence-electron chi connectivity index (χ0n) is 13.7. The van der Waals surface area contributed by atoms with Gasteiger partial charge in [-0.1, -0.05) is 30.3 Å². The number of imide groups is 1. The van der Waals surface area contributed by atoms with Crippen LogP contribution in [0.1, 0.15) is 24.8 Å². The molecule has 1 heterocycles. The Balaban J connectivity index is 1.63. The highest BCUT2D eigenvalue weighted by molar-refractivity contribution is 5.94. The highest BCUT2D eigenvalue weighted by atomic mass is 16.2. The molecule has 1 aromatic carbocycles. The van der Waals surface area contributed by atoms with E-state index in [1.807, 2.05) is 37.4 Å². The van der Waals surface area contributed by atoms with Crippen molar-refractivity contribution in [1.29, 1.82) is 0 Å². The zero-order valence-corrected chi connectivity index (χ0v) is 13.7. The molecule has 0 aliphatic carbocycles. The third-order valence-electron chi connectivity index (χ3n) is 4.12. The summed E-state index contributed by atoms with van der Waals surface area (Å²) in [4.78, 5) is 25.8. The molecule has 0 saturated carbocycles. The standard InChI is InChI=1S/C17H26N4O2/c1-18-15-8-5-10-21(13-15)11-9-16(22)20-17(23)19-12-14-6-3-2-4-7-14/h2-4,6-7,15,18H,5,8-13H2,1H3,(H2,19,20,22,23). The molecule has 23 heavy (non-hydrogen) atoms. The molecule has 6 heteroatoms. The lowest BCUT2D eigenvalue weighted by Crippen LogP contribution is -2.46. The maximum atomic E-state index is 11.8. The van der Waals surface area contributed by atoms with E-state index >= 15 is 0 Å². The van der Waals surface area contributed by atoms with E-state index < -0.39 is 6.03 Å². The SMILES string of the molecule is CNC1CCCN(CCC(=O)NC(=O)NCc2ccccc2)C1. The Hall–Kier alpha value is -1.92. The fourth-order valence-electron chi connectivity index (χ4n) is 2.77. The van der Waals surface area contributed by atoms with Crippen LogP contribution in [0.15, 0.2) is 30.3 Å². The number of benzene rings is 1. The van der Waals surface area contributed by atoms with Gasteiger partial charge in [0.1, 0.15) is 0 Å². The van der Waals surface area contributed by atoms with Gasteiger partial charge in [0.05, 0.1) is 0 Å². The van der Waals surface area contributed by atoms with Crippen LogP contribution in [0.25, 0.3) is 0 Å². The molecule has 1 fully saturated rings. The first-order valence-electron chi connectivity index (χ1n) is 8.18. The van der Waals surface area contributed by atoms with Crippen LogP contribution in [-0.4, -0.2) is 49.6 Å². The topological polar surface area (TPSA) is 73.5 Å². The van der Waals surface area contributed by atoms with E-state index in [9.17, 15) is 9.59 Å². The molecule has 0 aromatic heterocycles. The van der Waals surface area contributed by atoms with Crippen molar-refractivity contribution in [3.8, 4) is 0 Å². The largest absolute Gasteiger partial charge is 0.334 e. The van der Waals surface area contributed by atoms with Crippen LogP contribution >= 0.6 is 0 Å². The first-order chi connectivity index (χ1) is 11.2. The summed E-state index contributed by atoms with van der Waals surface area (Å²) in [6.07, 6.45) is 2.67. The maximum absolute atomic E-state index is 11.8. The van der Waals surface area contributed by atoms with Gasteiger partial charge in [-0.3, -0.25) is 10.1 Å². The third kappa shape index (κ3) is 6.38. The summed E-state index contributed by atoms with van der Waals surface area (Å²) in [5, 5.41) is 8.35. The Morgan fingerprint density at radius 2 is 2.04 bits per heavy atom. The van der Waals surface area contributed by atoms with Crippen molar-refractivity contribution in [3.05, 3.63) is 35.9 Å². The number of likely N-dealkylation sites (N-methyl/N-ethyl adjacent to an activating group) is 1. The number of carbonyl (C=O) groups is 2. The normalized spacial score (nSPS) is 18.4. The van der Waals surface area contributed by atoms with E-state index in [0.717, 1.165) is 25.1 Å². The Labute approximate surface area is 137 Å². The molecule has 1 atom stereocenters. The molecule has 3 N–H and O–H groups in total. The van der Waals surface area contributed by atoms with Crippen LogP contribution in [0.2, 0.25) is 0 Å². The fraction of sp³-hybridized carbons (Fsp3) is 0.529. The molecule has 1 unspecified atom stereocenters. The lowest BCUT2D eigenvalue weighted by molar-refractivity contribution is -0.120. The third-order valence-corrected chi connectivity index (χ3v) is 4.12. The van der Waals surface area contributed by atoms with E-state index in [-0.39, 0.29) is 5.91 Å². The molecule has 0 bridgehead atoms. The van der Waals surface area contributed by atoms with Crippen LogP contribution in [0.5, 0.6) is 0 Å². The van der Waals surface area contributed by atoms with Gasteiger partial charge in [-0.2, -0.15) is 0 Å². The quantitative estimate of drug-likeness (QED) is 0.734. The summed E-state index contributed by atoms with van der Waals surface area (Å²) in [5.41, 5.74) is 1.00. The Kier molecular flexibility index (Phi) is 7.03. The predicted molar refractivity (Wildman–Crippen MR) is 90.0 cm³/mol. The number of rotatable bonds is 6. The lowest BCUT2D eigenvalue weighted by atomic mass is 10.1. The van der Waals surface area contributed by atoms with E-state index in [2.05, 4.69) is 20.9 Å².